The molecule has 0 bridgehead atoms. The smallest absolute Gasteiger partial charge is 0.253 e. The van der Waals surface area contributed by atoms with Gasteiger partial charge in [-0.2, -0.15) is 0 Å². The van der Waals surface area contributed by atoms with E-state index in [1.54, 1.807) is 4.57 Å². The maximum absolute atomic E-state index is 11.2. The first-order valence-electron chi connectivity index (χ1n) is 3.94. The first kappa shape index (κ1) is 8.93. The van der Waals surface area contributed by atoms with Crippen LogP contribution in [0.5, 0.6) is 0 Å². The van der Waals surface area contributed by atoms with Crippen LogP contribution in [0.3, 0.4) is 0 Å². The van der Waals surface area contributed by atoms with Crippen LogP contribution >= 0.6 is 0 Å². The molecule has 1 unspecified atom stereocenters. The minimum atomic E-state index is -0.0229. The second-order valence-electron chi connectivity index (χ2n) is 2.91. The van der Waals surface area contributed by atoms with E-state index in [2.05, 4.69) is 4.98 Å². The zero-order valence-electron chi connectivity index (χ0n) is 7.10. The van der Waals surface area contributed by atoms with E-state index in [-0.39, 0.29) is 5.56 Å². The van der Waals surface area contributed by atoms with Crippen molar-refractivity contribution in [3.63, 3.8) is 0 Å². The van der Waals surface area contributed by atoms with E-state index in [0.717, 1.165) is 0 Å². The third kappa shape index (κ3) is 2.17. The van der Waals surface area contributed by atoms with Gasteiger partial charge in [-0.05, 0) is 12.5 Å². The second-order valence-corrected chi connectivity index (χ2v) is 2.91. The van der Waals surface area contributed by atoms with Gasteiger partial charge in [-0.15, -0.1) is 0 Å². The summed E-state index contributed by atoms with van der Waals surface area (Å²) in [6.45, 7) is 3.23. The molecule has 0 aliphatic heterocycles. The summed E-state index contributed by atoms with van der Waals surface area (Å²) < 4.78 is 1.57. The molecule has 1 aromatic heterocycles. The molecule has 0 saturated heterocycles. The third-order valence-corrected chi connectivity index (χ3v) is 1.70. The quantitative estimate of drug-likeness (QED) is 0.680. The van der Waals surface area contributed by atoms with Crippen LogP contribution in [0.1, 0.15) is 6.92 Å². The Hall–Kier alpha value is -1.16. The van der Waals surface area contributed by atoms with Crippen molar-refractivity contribution in [1.29, 1.82) is 0 Å². The molecule has 0 fully saturated rings. The summed E-state index contributed by atoms with van der Waals surface area (Å²) in [5, 5.41) is 0. The molecule has 0 spiro atoms. The molecule has 1 aromatic rings. The third-order valence-electron chi connectivity index (χ3n) is 1.70. The Balaban J connectivity index is 2.76. The molecule has 1 atom stereocenters. The highest BCUT2D eigenvalue weighted by Crippen LogP contribution is 1.93. The van der Waals surface area contributed by atoms with Crippen molar-refractivity contribution in [3.8, 4) is 0 Å². The lowest BCUT2D eigenvalue weighted by Crippen LogP contribution is -2.25. The van der Waals surface area contributed by atoms with Crippen LogP contribution in [0.2, 0.25) is 0 Å². The van der Waals surface area contributed by atoms with E-state index in [4.69, 9.17) is 5.73 Å². The topological polar surface area (TPSA) is 60.9 Å². The normalized spacial score (nSPS) is 12.8. The molecule has 1 rings (SSSR count). The summed E-state index contributed by atoms with van der Waals surface area (Å²) in [6.07, 6.45) is 3.03. The number of aromatic nitrogens is 2. The molecule has 12 heavy (non-hydrogen) atoms. The highest BCUT2D eigenvalue weighted by molar-refractivity contribution is 4.82. The molecule has 2 N–H and O–H groups in total. The lowest BCUT2D eigenvalue weighted by atomic mass is 10.2. The maximum Gasteiger partial charge on any atom is 0.253 e. The van der Waals surface area contributed by atoms with Crippen LogP contribution in [0.4, 0.5) is 0 Å². The van der Waals surface area contributed by atoms with Crippen molar-refractivity contribution in [3.05, 3.63) is 28.9 Å². The van der Waals surface area contributed by atoms with Crippen molar-refractivity contribution < 1.29 is 0 Å². The summed E-state index contributed by atoms with van der Waals surface area (Å²) in [4.78, 5) is 15.0. The van der Waals surface area contributed by atoms with Gasteiger partial charge in [0.1, 0.15) is 0 Å². The summed E-state index contributed by atoms with van der Waals surface area (Å²) >= 11 is 0. The molecular formula is C8H13N3O. The lowest BCUT2D eigenvalue weighted by Gasteiger charge is -2.09. The molecule has 0 saturated carbocycles. The van der Waals surface area contributed by atoms with E-state index in [1.807, 2.05) is 6.92 Å². The molecule has 4 heteroatoms. The van der Waals surface area contributed by atoms with E-state index in [9.17, 15) is 4.79 Å². The van der Waals surface area contributed by atoms with Crippen molar-refractivity contribution in [1.82, 2.24) is 9.55 Å². The fraction of sp³-hybridized carbons (Fsp3) is 0.500. The average molecular weight is 167 g/mol. The molecule has 0 aliphatic rings. The van der Waals surface area contributed by atoms with Crippen LogP contribution in [0.15, 0.2) is 23.4 Å². The fourth-order valence-corrected chi connectivity index (χ4v) is 0.926. The Morgan fingerprint density at radius 2 is 2.50 bits per heavy atom. The van der Waals surface area contributed by atoms with Crippen LogP contribution in [0, 0.1) is 5.92 Å². The van der Waals surface area contributed by atoms with E-state index < -0.39 is 0 Å². The van der Waals surface area contributed by atoms with Gasteiger partial charge in [0.25, 0.3) is 5.56 Å². The molecule has 1 heterocycles. The number of nitrogens with zero attached hydrogens (tertiary/aromatic N) is 2. The number of hydrogen-bond acceptors (Lipinski definition) is 3. The van der Waals surface area contributed by atoms with Gasteiger partial charge in [0.05, 0.1) is 6.33 Å². The van der Waals surface area contributed by atoms with Gasteiger partial charge in [0.15, 0.2) is 0 Å². The van der Waals surface area contributed by atoms with Gasteiger partial charge < -0.3 is 5.73 Å². The predicted molar refractivity (Wildman–Crippen MR) is 46.7 cm³/mol. The number of rotatable bonds is 3. The summed E-state index contributed by atoms with van der Waals surface area (Å²) in [5.41, 5.74) is 5.41. The number of nitrogens with two attached hydrogens (primary N) is 1. The van der Waals surface area contributed by atoms with Crippen molar-refractivity contribution in [2.45, 2.75) is 13.5 Å². The Morgan fingerprint density at radius 3 is 3.08 bits per heavy atom. The van der Waals surface area contributed by atoms with Gasteiger partial charge >= 0.3 is 0 Å². The van der Waals surface area contributed by atoms with Gasteiger partial charge in [-0.1, -0.05) is 6.92 Å². The van der Waals surface area contributed by atoms with E-state index in [1.165, 1.54) is 18.6 Å². The monoisotopic (exact) mass is 167 g/mol. The SMILES string of the molecule is CC(CN)Cn1cnccc1=O. The van der Waals surface area contributed by atoms with Gasteiger partial charge in [0, 0.05) is 18.8 Å². The summed E-state index contributed by atoms with van der Waals surface area (Å²) in [5.74, 6) is 0.312. The Morgan fingerprint density at radius 1 is 1.75 bits per heavy atom. The predicted octanol–water partition coefficient (Wildman–Crippen LogP) is -0.162. The van der Waals surface area contributed by atoms with E-state index >= 15 is 0 Å². The van der Waals surface area contributed by atoms with Gasteiger partial charge in [-0.25, -0.2) is 4.98 Å². The van der Waals surface area contributed by atoms with Crippen LogP contribution in [-0.2, 0) is 6.54 Å². The lowest BCUT2D eigenvalue weighted by molar-refractivity contribution is 0.477. The van der Waals surface area contributed by atoms with Gasteiger partial charge in [-0.3, -0.25) is 9.36 Å². The second kappa shape index (κ2) is 4.01. The minimum Gasteiger partial charge on any atom is -0.330 e. The summed E-state index contributed by atoms with van der Waals surface area (Å²) in [7, 11) is 0. The fourth-order valence-electron chi connectivity index (χ4n) is 0.926. The maximum atomic E-state index is 11.2. The molecule has 66 valence electrons. The zero-order valence-corrected chi connectivity index (χ0v) is 7.10. The van der Waals surface area contributed by atoms with Crippen molar-refractivity contribution >= 4 is 0 Å². The van der Waals surface area contributed by atoms with Crippen LogP contribution < -0.4 is 11.3 Å². The largest absolute Gasteiger partial charge is 0.330 e. The molecule has 4 nitrogen and oxygen atoms in total. The molecule has 0 aromatic carbocycles. The molecule has 0 radical (unpaired) electrons. The Bertz CT molecular complexity index is 294. The average Bonchev–Trinajstić information content (AvgIpc) is 2.09. The van der Waals surface area contributed by atoms with E-state index in [0.29, 0.717) is 19.0 Å². The number of hydrogen-bond donors (Lipinski definition) is 1. The van der Waals surface area contributed by atoms with Gasteiger partial charge in [0.2, 0.25) is 0 Å². The molecular weight excluding hydrogens is 154 g/mol. The highest BCUT2D eigenvalue weighted by Gasteiger charge is 2.00. The highest BCUT2D eigenvalue weighted by atomic mass is 16.1. The van der Waals surface area contributed by atoms with Crippen LogP contribution in [-0.4, -0.2) is 16.1 Å². The first-order chi connectivity index (χ1) is 5.74. The minimum absolute atomic E-state index is 0.0229. The van der Waals surface area contributed by atoms with Crippen LogP contribution in [0.25, 0.3) is 0 Å². The zero-order chi connectivity index (χ0) is 8.97. The summed E-state index contributed by atoms with van der Waals surface area (Å²) in [6, 6.07) is 1.45. The van der Waals surface area contributed by atoms with Crippen molar-refractivity contribution in [2.24, 2.45) is 11.7 Å². The van der Waals surface area contributed by atoms with Crippen molar-refractivity contribution in [2.75, 3.05) is 6.54 Å². The molecule has 0 aliphatic carbocycles. The standard InChI is InChI=1S/C8H13N3O/c1-7(4-9)5-11-6-10-3-2-8(11)12/h2-3,6-7H,4-5,9H2,1H3. The molecule has 0 amide bonds. The Kier molecular flexibility index (Phi) is 2.99. The Labute approximate surface area is 71.0 Å². The first-order valence-corrected chi connectivity index (χ1v) is 3.94.